The van der Waals surface area contributed by atoms with Crippen molar-refractivity contribution in [1.29, 1.82) is 0 Å². The number of hydrogen-bond donors (Lipinski definition) is 0. The molecule has 106 valence electrons. The minimum atomic E-state index is 0.621. The lowest BCUT2D eigenvalue weighted by molar-refractivity contribution is 0.457. The molecule has 0 atom stereocenters. The highest BCUT2D eigenvalue weighted by Crippen LogP contribution is 2.31. The van der Waals surface area contributed by atoms with Crippen molar-refractivity contribution in [2.45, 2.75) is 12.3 Å². The van der Waals surface area contributed by atoms with Gasteiger partial charge in [-0.25, -0.2) is 4.98 Å². The first-order chi connectivity index (χ1) is 10.2. The second kappa shape index (κ2) is 6.04. The number of ether oxygens (including phenoxy) is 1. The first-order valence-corrected chi connectivity index (χ1v) is 8.06. The number of aryl methyl sites for hydroxylation is 1. The molecule has 4 heteroatoms. The van der Waals surface area contributed by atoms with Crippen molar-refractivity contribution >= 4 is 38.4 Å². The number of nitrogens with zero attached hydrogens (tertiary/aromatic N) is 1. The van der Waals surface area contributed by atoms with Crippen LogP contribution in [0.25, 0.3) is 10.9 Å². The van der Waals surface area contributed by atoms with Crippen LogP contribution in [0.5, 0.6) is 11.6 Å². The molecule has 0 fully saturated rings. The lowest BCUT2D eigenvalue weighted by Crippen LogP contribution is -1.95. The summed E-state index contributed by atoms with van der Waals surface area (Å²) in [5, 5.41) is 2.49. The van der Waals surface area contributed by atoms with Gasteiger partial charge in [0.1, 0.15) is 5.75 Å². The number of benzene rings is 2. The van der Waals surface area contributed by atoms with Gasteiger partial charge in [-0.3, -0.25) is 0 Å². The average Bonchev–Trinajstić information content (AvgIpc) is 2.49. The molecule has 0 amide bonds. The van der Waals surface area contributed by atoms with Gasteiger partial charge in [-0.2, -0.15) is 0 Å². The highest BCUT2D eigenvalue weighted by Gasteiger charge is 2.10. The van der Waals surface area contributed by atoms with Gasteiger partial charge in [-0.05, 0) is 42.8 Å². The standard InChI is InChI=1S/C17H13BrClNO/c1-11-8-14(19)6-7-16(11)21-17-13(10-18)9-12-4-2-3-5-15(12)20-17/h2-9H,10H2,1H3. The predicted octanol–water partition coefficient (Wildman–Crippen LogP) is 5.88. The highest BCUT2D eigenvalue weighted by atomic mass is 79.9. The Balaban J connectivity index is 2.06. The fraction of sp³-hybridized carbons (Fsp3) is 0.118. The molecule has 2 nitrogen and oxygen atoms in total. The van der Waals surface area contributed by atoms with Crippen molar-refractivity contribution in [3.8, 4) is 11.6 Å². The maximum atomic E-state index is 5.99. The zero-order chi connectivity index (χ0) is 14.8. The topological polar surface area (TPSA) is 22.1 Å². The molecule has 0 unspecified atom stereocenters. The Bertz CT molecular complexity index is 804. The van der Waals surface area contributed by atoms with Gasteiger partial charge in [0.15, 0.2) is 0 Å². The number of fused-ring (bicyclic) bond motifs is 1. The van der Waals surface area contributed by atoms with Crippen LogP contribution in [0.4, 0.5) is 0 Å². The Morgan fingerprint density at radius 3 is 2.71 bits per heavy atom. The summed E-state index contributed by atoms with van der Waals surface area (Å²) in [7, 11) is 0. The summed E-state index contributed by atoms with van der Waals surface area (Å²) < 4.78 is 5.99. The second-order valence-corrected chi connectivity index (χ2v) is 5.79. The molecule has 0 aliphatic heterocycles. The molecule has 0 saturated heterocycles. The van der Waals surface area contributed by atoms with E-state index in [-0.39, 0.29) is 0 Å². The van der Waals surface area contributed by atoms with E-state index in [9.17, 15) is 0 Å². The number of para-hydroxylation sites is 1. The van der Waals surface area contributed by atoms with Crippen LogP contribution >= 0.6 is 27.5 Å². The van der Waals surface area contributed by atoms with E-state index in [1.54, 1.807) is 0 Å². The van der Waals surface area contributed by atoms with Crippen LogP contribution in [0.3, 0.4) is 0 Å². The van der Waals surface area contributed by atoms with Crippen LogP contribution in [0.2, 0.25) is 5.02 Å². The number of alkyl halides is 1. The molecule has 2 aromatic carbocycles. The number of aromatic nitrogens is 1. The van der Waals surface area contributed by atoms with E-state index in [4.69, 9.17) is 16.3 Å². The third-order valence-corrected chi connectivity index (χ3v) is 4.09. The van der Waals surface area contributed by atoms with Crippen molar-refractivity contribution < 1.29 is 4.74 Å². The quantitative estimate of drug-likeness (QED) is 0.542. The molecule has 3 rings (SSSR count). The normalized spacial score (nSPS) is 10.8. The lowest BCUT2D eigenvalue weighted by atomic mass is 10.1. The summed E-state index contributed by atoms with van der Waals surface area (Å²) in [5.74, 6) is 1.39. The minimum absolute atomic E-state index is 0.621. The maximum Gasteiger partial charge on any atom is 0.223 e. The monoisotopic (exact) mass is 361 g/mol. The zero-order valence-electron chi connectivity index (χ0n) is 11.4. The van der Waals surface area contributed by atoms with E-state index in [1.165, 1.54) is 0 Å². The van der Waals surface area contributed by atoms with E-state index in [1.807, 2.05) is 49.4 Å². The maximum absolute atomic E-state index is 5.99. The zero-order valence-corrected chi connectivity index (χ0v) is 13.8. The summed E-state index contributed by atoms with van der Waals surface area (Å²) in [4.78, 5) is 4.62. The van der Waals surface area contributed by atoms with Crippen LogP contribution < -0.4 is 4.74 Å². The second-order valence-electron chi connectivity index (χ2n) is 4.79. The van der Waals surface area contributed by atoms with E-state index < -0.39 is 0 Å². The van der Waals surface area contributed by atoms with Crippen LogP contribution in [0.15, 0.2) is 48.5 Å². The predicted molar refractivity (Wildman–Crippen MR) is 90.6 cm³/mol. The molecule has 0 bridgehead atoms. The number of pyridine rings is 1. The molecule has 0 N–H and O–H groups in total. The highest BCUT2D eigenvalue weighted by molar-refractivity contribution is 9.08. The van der Waals surface area contributed by atoms with Gasteiger partial charge in [-0.15, -0.1) is 0 Å². The fourth-order valence-corrected chi connectivity index (χ4v) is 2.79. The SMILES string of the molecule is Cc1cc(Cl)ccc1Oc1nc2ccccc2cc1CBr. The van der Waals surface area contributed by atoms with Crippen LogP contribution in [-0.2, 0) is 5.33 Å². The molecule has 0 radical (unpaired) electrons. The van der Waals surface area contributed by atoms with Gasteiger partial charge in [0, 0.05) is 21.3 Å². The Hall–Kier alpha value is -1.58. The van der Waals surface area contributed by atoms with Gasteiger partial charge >= 0.3 is 0 Å². The molecule has 3 aromatic rings. The van der Waals surface area contributed by atoms with E-state index in [0.29, 0.717) is 16.2 Å². The summed E-state index contributed by atoms with van der Waals surface area (Å²) in [6, 6.07) is 15.7. The first kappa shape index (κ1) is 14.4. The molecule has 1 aromatic heterocycles. The van der Waals surface area contributed by atoms with Crippen molar-refractivity contribution in [2.75, 3.05) is 0 Å². The van der Waals surface area contributed by atoms with Crippen molar-refractivity contribution in [3.05, 3.63) is 64.7 Å². The van der Waals surface area contributed by atoms with E-state index >= 15 is 0 Å². The Morgan fingerprint density at radius 1 is 1.14 bits per heavy atom. The Labute approximate surface area is 136 Å². The van der Waals surface area contributed by atoms with Gasteiger partial charge in [0.05, 0.1) is 5.52 Å². The van der Waals surface area contributed by atoms with Gasteiger partial charge in [0.25, 0.3) is 0 Å². The summed E-state index contributed by atoms with van der Waals surface area (Å²) in [6.45, 7) is 1.97. The van der Waals surface area contributed by atoms with Crippen LogP contribution in [0.1, 0.15) is 11.1 Å². The smallest absolute Gasteiger partial charge is 0.223 e. The molecule has 0 aliphatic rings. The van der Waals surface area contributed by atoms with Crippen molar-refractivity contribution in [2.24, 2.45) is 0 Å². The summed E-state index contributed by atoms with van der Waals surface area (Å²) in [6.07, 6.45) is 0. The molecule has 1 heterocycles. The van der Waals surface area contributed by atoms with Crippen molar-refractivity contribution in [1.82, 2.24) is 4.98 Å². The summed E-state index contributed by atoms with van der Waals surface area (Å²) in [5.41, 5.74) is 2.92. The molecular formula is C17H13BrClNO. The molecule has 0 saturated carbocycles. The lowest BCUT2D eigenvalue weighted by Gasteiger charge is -2.12. The minimum Gasteiger partial charge on any atom is -0.438 e. The fourth-order valence-electron chi connectivity index (χ4n) is 2.16. The average molecular weight is 363 g/mol. The van der Waals surface area contributed by atoms with E-state index in [2.05, 4.69) is 27.0 Å². The molecular weight excluding hydrogens is 350 g/mol. The molecule has 0 spiro atoms. The third-order valence-electron chi connectivity index (χ3n) is 3.25. The van der Waals surface area contributed by atoms with E-state index in [0.717, 1.165) is 27.8 Å². The van der Waals surface area contributed by atoms with Gasteiger partial charge in [0.2, 0.25) is 5.88 Å². The largest absolute Gasteiger partial charge is 0.438 e. The Morgan fingerprint density at radius 2 is 1.95 bits per heavy atom. The number of hydrogen-bond acceptors (Lipinski definition) is 2. The summed E-state index contributed by atoms with van der Waals surface area (Å²) >= 11 is 9.47. The number of rotatable bonds is 3. The van der Waals surface area contributed by atoms with Gasteiger partial charge < -0.3 is 4.74 Å². The van der Waals surface area contributed by atoms with Gasteiger partial charge in [-0.1, -0.05) is 45.7 Å². The van der Waals surface area contributed by atoms with Crippen LogP contribution in [0, 0.1) is 6.92 Å². The first-order valence-electron chi connectivity index (χ1n) is 6.56. The van der Waals surface area contributed by atoms with Crippen molar-refractivity contribution in [3.63, 3.8) is 0 Å². The molecule has 21 heavy (non-hydrogen) atoms. The Kier molecular flexibility index (Phi) is 4.13. The molecule has 0 aliphatic carbocycles. The van der Waals surface area contributed by atoms with Crippen LogP contribution in [-0.4, -0.2) is 4.98 Å². The number of halogens is 2. The third kappa shape index (κ3) is 3.04.